The highest BCUT2D eigenvalue weighted by molar-refractivity contribution is 7.71. The van der Waals surface area contributed by atoms with Gasteiger partial charge in [0, 0.05) is 32.6 Å². The number of carbonyl (C=O) groups is 1. The van der Waals surface area contributed by atoms with Crippen LogP contribution in [-0.2, 0) is 25.1 Å². The van der Waals surface area contributed by atoms with E-state index in [1.54, 1.807) is 6.07 Å². The fraction of sp³-hybridized carbons (Fsp3) is 0.591. The first-order valence-corrected chi connectivity index (χ1v) is 11.8. The standard InChI is InChI=1S/C22H32ClN5O2S/c1-3-4-7-12-24-21(29)17-10-13-27(14-11-17)16-28-22(31)26(2)20(25-28)15-30-19-9-6-5-8-18(19)23/h5-6,8-9,17H,3-4,7,10-16H2,1-2H3,(H,24,29). The predicted molar refractivity (Wildman–Crippen MR) is 125 cm³/mol. The van der Waals surface area contributed by atoms with E-state index in [-0.39, 0.29) is 18.4 Å². The lowest BCUT2D eigenvalue weighted by Crippen LogP contribution is -2.41. The lowest BCUT2D eigenvalue weighted by atomic mass is 9.96. The summed E-state index contributed by atoms with van der Waals surface area (Å²) in [5, 5.41) is 8.30. The van der Waals surface area contributed by atoms with Gasteiger partial charge in [-0.3, -0.25) is 9.69 Å². The number of hydrogen-bond acceptors (Lipinski definition) is 5. The van der Waals surface area contributed by atoms with Gasteiger partial charge in [0.1, 0.15) is 12.4 Å². The smallest absolute Gasteiger partial charge is 0.223 e. The normalized spacial score (nSPS) is 15.2. The number of nitrogens with one attached hydrogen (secondary N) is 1. The van der Waals surface area contributed by atoms with Crippen LogP contribution in [0.4, 0.5) is 0 Å². The molecule has 0 bridgehead atoms. The van der Waals surface area contributed by atoms with Crippen LogP contribution >= 0.6 is 23.8 Å². The van der Waals surface area contributed by atoms with E-state index in [0.29, 0.717) is 22.2 Å². The first kappa shape index (κ1) is 23.8. The van der Waals surface area contributed by atoms with Gasteiger partial charge in [0.25, 0.3) is 0 Å². The van der Waals surface area contributed by atoms with Gasteiger partial charge in [-0.15, -0.1) is 0 Å². The van der Waals surface area contributed by atoms with E-state index in [1.165, 1.54) is 0 Å². The Labute approximate surface area is 194 Å². The van der Waals surface area contributed by atoms with E-state index in [9.17, 15) is 4.79 Å². The second-order valence-electron chi connectivity index (χ2n) is 8.01. The Morgan fingerprint density at radius 1 is 1.29 bits per heavy atom. The maximum atomic E-state index is 12.4. The van der Waals surface area contributed by atoms with Crippen molar-refractivity contribution in [3.05, 3.63) is 39.9 Å². The molecule has 0 atom stereocenters. The molecule has 31 heavy (non-hydrogen) atoms. The molecule has 1 N–H and O–H groups in total. The number of benzene rings is 1. The van der Waals surface area contributed by atoms with E-state index in [0.717, 1.165) is 57.6 Å². The van der Waals surface area contributed by atoms with Gasteiger partial charge >= 0.3 is 0 Å². The van der Waals surface area contributed by atoms with Crippen LogP contribution in [0.1, 0.15) is 44.9 Å². The van der Waals surface area contributed by atoms with Crippen molar-refractivity contribution >= 4 is 29.7 Å². The third-order valence-corrected chi connectivity index (χ3v) is 6.49. The summed E-state index contributed by atoms with van der Waals surface area (Å²) in [6, 6.07) is 7.37. The minimum atomic E-state index is 0.106. The summed E-state index contributed by atoms with van der Waals surface area (Å²) in [6.07, 6.45) is 5.11. The Balaban J connectivity index is 1.50. The molecule has 2 aromatic rings. The molecule has 0 spiro atoms. The zero-order valence-electron chi connectivity index (χ0n) is 18.3. The summed E-state index contributed by atoms with van der Waals surface area (Å²) in [5.41, 5.74) is 0. The number of ether oxygens (including phenoxy) is 1. The van der Waals surface area contributed by atoms with Crippen molar-refractivity contribution < 1.29 is 9.53 Å². The van der Waals surface area contributed by atoms with Crippen LogP contribution < -0.4 is 10.1 Å². The molecule has 0 aliphatic carbocycles. The Hall–Kier alpha value is -1.90. The number of para-hydroxylation sites is 1. The number of unbranched alkanes of at least 4 members (excludes halogenated alkanes) is 2. The van der Waals surface area contributed by atoms with Crippen molar-refractivity contribution in [2.24, 2.45) is 13.0 Å². The van der Waals surface area contributed by atoms with E-state index < -0.39 is 0 Å². The summed E-state index contributed by atoms with van der Waals surface area (Å²) in [7, 11) is 1.90. The summed E-state index contributed by atoms with van der Waals surface area (Å²) in [5.74, 6) is 1.67. The third-order valence-electron chi connectivity index (χ3n) is 5.70. The van der Waals surface area contributed by atoms with Crippen LogP contribution in [0.2, 0.25) is 5.02 Å². The van der Waals surface area contributed by atoms with Gasteiger partial charge in [0.15, 0.2) is 10.6 Å². The summed E-state index contributed by atoms with van der Waals surface area (Å²) < 4.78 is 10.2. The molecular formula is C22H32ClN5O2S. The first-order chi connectivity index (χ1) is 15.0. The fourth-order valence-electron chi connectivity index (χ4n) is 3.71. The molecule has 2 heterocycles. The molecule has 0 radical (unpaired) electrons. The van der Waals surface area contributed by atoms with Crippen LogP contribution in [0.3, 0.4) is 0 Å². The highest BCUT2D eigenvalue weighted by atomic mass is 35.5. The molecule has 7 nitrogen and oxygen atoms in total. The van der Waals surface area contributed by atoms with Gasteiger partial charge in [0.2, 0.25) is 5.91 Å². The maximum absolute atomic E-state index is 12.4. The number of piperidine rings is 1. The Morgan fingerprint density at radius 3 is 2.74 bits per heavy atom. The van der Waals surface area contributed by atoms with Crippen molar-refractivity contribution in [1.82, 2.24) is 24.6 Å². The highest BCUT2D eigenvalue weighted by Gasteiger charge is 2.25. The molecule has 1 aromatic heterocycles. The molecule has 1 aliphatic heterocycles. The van der Waals surface area contributed by atoms with Crippen molar-refractivity contribution in [2.75, 3.05) is 19.6 Å². The van der Waals surface area contributed by atoms with Crippen molar-refractivity contribution in [1.29, 1.82) is 0 Å². The van der Waals surface area contributed by atoms with E-state index >= 15 is 0 Å². The van der Waals surface area contributed by atoms with E-state index in [1.807, 2.05) is 34.5 Å². The minimum absolute atomic E-state index is 0.106. The quantitative estimate of drug-likeness (QED) is 0.421. The van der Waals surface area contributed by atoms with Gasteiger partial charge in [-0.1, -0.05) is 43.5 Å². The molecule has 9 heteroatoms. The summed E-state index contributed by atoms with van der Waals surface area (Å²) in [6.45, 7) is 5.57. The second kappa shape index (κ2) is 11.6. The topological polar surface area (TPSA) is 64.3 Å². The number of rotatable bonds is 10. The zero-order chi connectivity index (χ0) is 22.2. The molecular weight excluding hydrogens is 434 g/mol. The number of hydrogen-bond donors (Lipinski definition) is 1. The van der Waals surface area contributed by atoms with Gasteiger partial charge in [-0.2, -0.15) is 5.10 Å². The average molecular weight is 466 g/mol. The van der Waals surface area contributed by atoms with Crippen LogP contribution in [0, 0.1) is 10.7 Å². The number of amides is 1. The molecule has 1 fully saturated rings. The lowest BCUT2D eigenvalue weighted by molar-refractivity contribution is -0.126. The fourth-order valence-corrected chi connectivity index (χ4v) is 4.11. The average Bonchev–Trinajstić information content (AvgIpc) is 3.04. The van der Waals surface area contributed by atoms with Crippen LogP contribution in [0.5, 0.6) is 5.75 Å². The molecule has 3 rings (SSSR count). The number of aromatic nitrogens is 3. The number of halogens is 1. The molecule has 170 valence electrons. The van der Waals surface area contributed by atoms with Crippen molar-refractivity contribution in [3.63, 3.8) is 0 Å². The Morgan fingerprint density at radius 2 is 2.03 bits per heavy atom. The van der Waals surface area contributed by atoms with E-state index in [2.05, 4.69) is 22.2 Å². The van der Waals surface area contributed by atoms with Gasteiger partial charge in [-0.25, -0.2) is 4.68 Å². The van der Waals surface area contributed by atoms with Crippen LogP contribution in [0.25, 0.3) is 0 Å². The van der Waals surface area contributed by atoms with E-state index in [4.69, 9.17) is 28.6 Å². The second-order valence-corrected chi connectivity index (χ2v) is 8.78. The van der Waals surface area contributed by atoms with Crippen molar-refractivity contribution in [3.8, 4) is 5.75 Å². The molecule has 1 amide bonds. The predicted octanol–water partition coefficient (Wildman–Crippen LogP) is 4.16. The van der Waals surface area contributed by atoms with Crippen LogP contribution in [-0.4, -0.2) is 44.8 Å². The Bertz CT molecular complexity index is 921. The largest absolute Gasteiger partial charge is 0.484 e. The van der Waals surface area contributed by atoms with Gasteiger partial charge in [0.05, 0.1) is 11.7 Å². The molecule has 0 unspecified atom stereocenters. The minimum Gasteiger partial charge on any atom is -0.484 e. The molecule has 1 aromatic carbocycles. The number of carbonyl (C=O) groups excluding carboxylic acids is 1. The highest BCUT2D eigenvalue weighted by Crippen LogP contribution is 2.24. The van der Waals surface area contributed by atoms with Crippen molar-refractivity contribution in [2.45, 2.75) is 52.3 Å². The molecule has 1 aliphatic rings. The van der Waals surface area contributed by atoms with Gasteiger partial charge < -0.3 is 14.6 Å². The lowest BCUT2D eigenvalue weighted by Gasteiger charge is -2.30. The van der Waals surface area contributed by atoms with Gasteiger partial charge in [-0.05, 0) is 43.6 Å². The number of likely N-dealkylation sites (tertiary alicyclic amines) is 1. The third kappa shape index (κ3) is 6.54. The summed E-state index contributed by atoms with van der Waals surface area (Å²) >= 11 is 11.7. The number of nitrogens with zero attached hydrogens (tertiary/aromatic N) is 4. The van der Waals surface area contributed by atoms with Crippen LogP contribution in [0.15, 0.2) is 24.3 Å². The Kier molecular flexibility index (Phi) is 8.92. The molecule has 0 saturated carbocycles. The first-order valence-electron chi connectivity index (χ1n) is 11.0. The maximum Gasteiger partial charge on any atom is 0.223 e. The monoisotopic (exact) mass is 465 g/mol. The SMILES string of the molecule is CCCCCNC(=O)C1CCN(Cn2nc(COc3ccccc3Cl)n(C)c2=S)CC1. The molecule has 1 saturated heterocycles. The zero-order valence-corrected chi connectivity index (χ0v) is 19.9. The summed E-state index contributed by atoms with van der Waals surface area (Å²) in [4.78, 5) is 14.6.